The van der Waals surface area contributed by atoms with Crippen molar-refractivity contribution in [1.82, 2.24) is 15.2 Å². The SMILES string of the molecule is Cc1ocnc1CN(C)C1CCCNC1. The third-order valence-electron chi connectivity index (χ3n) is 3.14. The summed E-state index contributed by atoms with van der Waals surface area (Å²) in [5.41, 5.74) is 1.06. The summed E-state index contributed by atoms with van der Waals surface area (Å²) in [7, 11) is 2.16. The molecular weight excluding hydrogens is 190 g/mol. The van der Waals surface area contributed by atoms with E-state index in [2.05, 4.69) is 22.2 Å². The van der Waals surface area contributed by atoms with E-state index in [9.17, 15) is 0 Å². The van der Waals surface area contributed by atoms with E-state index < -0.39 is 0 Å². The van der Waals surface area contributed by atoms with Gasteiger partial charge in [-0.05, 0) is 33.4 Å². The van der Waals surface area contributed by atoms with Crippen molar-refractivity contribution < 1.29 is 4.42 Å². The number of likely N-dealkylation sites (N-methyl/N-ethyl adjacent to an activating group) is 1. The Hall–Kier alpha value is -0.870. The van der Waals surface area contributed by atoms with Crippen molar-refractivity contribution >= 4 is 0 Å². The number of hydrogen-bond acceptors (Lipinski definition) is 4. The fraction of sp³-hybridized carbons (Fsp3) is 0.727. The molecule has 1 saturated heterocycles. The van der Waals surface area contributed by atoms with Crippen molar-refractivity contribution in [2.75, 3.05) is 20.1 Å². The van der Waals surface area contributed by atoms with Gasteiger partial charge in [0.1, 0.15) is 5.76 Å². The highest BCUT2D eigenvalue weighted by atomic mass is 16.3. The average molecular weight is 209 g/mol. The van der Waals surface area contributed by atoms with Crippen LogP contribution in [0.5, 0.6) is 0 Å². The standard InChI is InChI=1S/C11H19N3O/c1-9-11(13-8-15-9)7-14(2)10-4-3-5-12-6-10/h8,10,12H,3-7H2,1-2H3. The number of nitrogens with one attached hydrogen (secondary N) is 1. The minimum absolute atomic E-state index is 0.634. The second-order valence-electron chi connectivity index (χ2n) is 4.27. The van der Waals surface area contributed by atoms with E-state index in [1.807, 2.05) is 6.92 Å². The number of hydrogen-bond donors (Lipinski definition) is 1. The third kappa shape index (κ3) is 2.58. The van der Waals surface area contributed by atoms with Crippen molar-refractivity contribution in [2.45, 2.75) is 32.4 Å². The lowest BCUT2D eigenvalue weighted by Crippen LogP contribution is -2.43. The molecule has 0 saturated carbocycles. The topological polar surface area (TPSA) is 41.3 Å². The lowest BCUT2D eigenvalue weighted by molar-refractivity contribution is 0.193. The van der Waals surface area contributed by atoms with Crippen LogP contribution in [0.2, 0.25) is 0 Å². The molecule has 0 spiro atoms. The van der Waals surface area contributed by atoms with Crippen LogP contribution in [0.15, 0.2) is 10.8 Å². The maximum atomic E-state index is 5.20. The van der Waals surface area contributed by atoms with Crippen LogP contribution in [0.1, 0.15) is 24.3 Å². The molecule has 1 atom stereocenters. The Morgan fingerprint density at radius 2 is 2.53 bits per heavy atom. The summed E-state index contributed by atoms with van der Waals surface area (Å²) >= 11 is 0. The quantitative estimate of drug-likeness (QED) is 0.811. The minimum Gasteiger partial charge on any atom is -0.448 e. The largest absolute Gasteiger partial charge is 0.448 e. The predicted octanol–water partition coefficient (Wildman–Crippen LogP) is 1.17. The lowest BCUT2D eigenvalue weighted by atomic mass is 10.1. The lowest BCUT2D eigenvalue weighted by Gasteiger charge is -2.31. The van der Waals surface area contributed by atoms with E-state index in [0.29, 0.717) is 6.04 Å². The summed E-state index contributed by atoms with van der Waals surface area (Å²) in [4.78, 5) is 6.58. The fourth-order valence-electron chi connectivity index (χ4n) is 2.06. The van der Waals surface area contributed by atoms with E-state index in [4.69, 9.17) is 4.42 Å². The molecule has 1 aromatic heterocycles. The summed E-state index contributed by atoms with van der Waals surface area (Å²) in [5.74, 6) is 0.936. The van der Waals surface area contributed by atoms with Crippen molar-refractivity contribution in [3.05, 3.63) is 17.8 Å². The number of aryl methyl sites for hydroxylation is 1. The zero-order valence-corrected chi connectivity index (χ0v) is 9.49. The van der Waals surface area contributed by atoms with E-state index in [1.165, 1.54) is 19.2 Å². The molecule has 0 bridgehead atoms. The third-order valence-corrected chi connectivity index (χ3v) is 3.14. The maximum Gasteiger partial charge on any atom is 0.181 e. The Bertz CT molecular complexity index is 305. The van der Waals surface area contributed by atoms with Crippen LogP contribution in [-0.4, -0.2) is 36.1 Å². The van der Waals surface area contributed by atoms with Gasteiger partial charge in [-0.25, -0.2) is 4.98 Å². The van der Waals surface area contributed by atoms with Gasteiger partial charge in [0, 0.05) is 19.1 Å². The highest BCUT2D eigenvalue weighted by Crippen LogP contribution is 2.13. The Kier molecular flexibility index (Phi) is 3.38. The van der Waals surface area contributed by atoms with Crippen LogP contribution in [0.4, 0.5) is 0 Å². The van der Waals surface area contributed by atoms with E-state index in [-0.39, 0.29) is 0 Å². The Labute approximate surface area is 90.7 Å². The molecule has 2 heterocycles. The van der Waals surface area contributed by atoms with Crippen LogP contribution in [-0.2, 0) is 6.54 Å². The van der Waals surface area contributed by atoms with Crippen molar-refractivity contribution in [3.63, 3.8) is 0 Å². The first-order chi connectivity index (χ1) is 7.27. The van der Waals surface area contributed by atoms with E-state index in [1.54, 1.807) is 0 Å². The highest BCUT2D eigenvalue weighted by Gasteiger charge is 2.19. The summed E-state index contributed by atoms with van der Waals surface area (Å²) in [6.07, 6.45) is 4.07. The van der Waals surface area contributed by atoms with Gasteiger partial charge >= 0.3 is 0 Å². The molecule has 4 nitrogen and oxygen atoms in total. The monoisotopic (exact) mass is 209 g/mol. The molecule has 1 fully saturated rings. The second kappa shape index (κ2) is 4.77. The van der Waals surface area contributed by atoms with Crippen LogP contribution in [0.25, 0.3) is 0 Å². The molecule has 0 radical (unpaired) electrons. The van der Waals surface area contributed by atoms with Gasteiger partial charge in [0.25, 0.3) is 0 Å². The van der Waals surface area contributed by atoms with Crippen LogP contribution >= 0.6 is 0 Å². The molecule has 1 aliphatic rings. The molecule has 4 heteroatoms. The normalized spacial score (nSPS) is 22.2. The fourth-order valence-corrected chi connectivity index (χ4v) is 2.06. The average Bonchev–Trinajstić information content (AvgIpc) is 2.66. The molecule has 84 valence electrons. The Morgan fingerprint density at radius 1 is 1.67 bits per heavy atom. The molecule has 1 aliphatic heterocycles. The molecule has 0 aliphatic carbocycles. The number of oxazole rings is 1. The first-order valence-electron chi connectivity index (χ1n) is 5.57. The maximum absolute atomic E-state index is 5.20. The number of rotatable bonds is 3. The molecular formula is C11H19N3O. The molecule has 1 aromatic rings. The zero-order valence-electron chi connectivity index (χ0n) is 9.49. The van der Waals surface area contributed by atoms with Crippen LogP contribution in [0.3, 0.4) is 0 Å². The van der Waals surface area contributed by atoms with Gasteiger partial charge in [0.2, 0.25) is 0 Å². The van der Waals surface area contributed by atoms with Gasteiger partial charge in [0.15, 0.2) is 6.39 Å². The summed E-state index contributed by atoms with van der Waals surface area (Å²) in [6, 6.07) is 0.634. The van der Waals surface area contributed by atoms with Crippen molar-refractivity contribution in [2.24, 2.45) is 0 Å². The van der Waals surface area contributed by atoms with Gasteiger partial charge in [0.05, 0.1) is 5.69 Å². The number of nitrogens with zero attached hydrogens (tertiary/aromatic N) is 2. The van der Waals surface area contributed by atoms with Crippen molar-refractivity contribution in [3.8, 4) is 0 Å². The molecule has 2 rings (SSSR count). The van der Waals surface area contributed by atoms with Crippen molar-refractivity contribution in [1.29, 1.82) is 0 Å². The molecule has 0 amide bonds. The summed E-state index contributed by atoms with van der Waals surface area (Å²) in [5, 5.41) is 3.42. The summed E-state index contributed by atoms with van der Waals surface area (Å²) in [6.45, 7) is 5.10. The zero-order chi connectivity index (χ0) is 10.7. The van der Waals surface area contributed by atoms with E-state index in [0.717, 1.165) is 31.1 Å². The molecule has 15 heavy (non-hydrogen) atoms. The van der Waals surface area contributed by atoms with Gasteiger partial charge in [-0.15, -0.1) is 0 Å². The highest BCUT2D eigenvalue weighted by molar-refractivity contribution is 5.04. The van der Waals surface area contributed by atoms with Crippen LogP contribution in [0, 0.1) is 6.92 Å². The first kappa shape index (κ1) is 10.6. The smallest absolute Gasteiger partial charge is 0.181 e. The molecule has 1 unspecified atom stereocenters. The van der Waals surface area contributed by atoms with Gasteiger partial charge < -0.3 is 9.73 Å². The minimum atomic E-state index is 0.634. The van der Waals surface area contributed by atoms with E-state index >= 15 is 0 Å². The number of piperidine rings is 1. The first-order valence-corrected chi connectivity index (χ1v) is 5.57. The van der Waals surface area contributed by atoms with Gasteiger partial charge in [-0.2, -0.15) is 0 Å². The number of aromatic nitrogens is 1. The Balaban J connectivity index is 1.91. The van der Waals surface area contributed by atoms with Gasteiger partial charge in [-0.3, -0.25) is 4.90 Å². The molecule has 1 N–H and O–H groups in total. The molecule has 0 aromatic carbocycles. The van der Waals surface area contributed by atoms with Crippen LogP contribution < -0.4 is 5.32 Å². The predicted molar refractivity (Wildman–Crippen MR) is 58.6 cm³/mol. The Morgan fingerprint density at radius 3 is 3.13 bits per heavy atom. The van der Waals surface area contributed by atoms with Gasteiger partial charge in [-0.1, -0.05) is 0 Å². The second-order valence-corrected chi connectivity index (χ2v) is 4.27. The summed E-state index contributed by atoms with van der Waals surface area (Å²) < 4.78 is 5.20.